The molecule has 1 saturated heterocycles. The Labute approximate surface area is 230 Å². The summed E-state index contributed by atoms with van der Waals surface area (Å²) >= 11 is 0. The number of nitrogens with zero attached hydrogens (tertiary/aromatic N) is 1. The smallest absolute Gasteiger partial charge is 0.488 e. The second-order valence-electron chi connectivity index (χ2n) is 10.3. The molecule has 0 atom stereocenters. The SMILES string of the molecule is C#Cc1ccc2c(c1)[nH]c1c2c(=O)c2cc(OCC(C)C)c(-c3cccc(OS(=O)(=O)F)c3)cc2n1C1CNC1. The molecule has 0 radical (unpaired) electrons. The molecule has 2 N–H and O–H groups in total. The third kappa shape index (κ3) is 4.57. The van der Waals surface area contributed by atoms with Crippen molar-refractivity contribution in [1.29, 1.82) is 0 Å². The van der Waals surface area contributed by atoms with Gasteiger partial charge >= 0.3 is 10.5 Å². The van der Waals surface area contributed by atoms with Crippen LogP contribution in [0.3, 0.4) is 0 Å². The van der Waals surface area contributed by atoms with E-state index in [-0.39, 0.29) is 23.1 Å². The highest BCUT2D eigenvalue weighted by molar-refractivity contribution is 7.81. The van der Waals surface area contributed by atoms with Crippen molar-refractivity contribution in [2.24, 2.45) is 5.92 Å². The second-order valence-corrected chi connectivity index (χ2v) is 11.3. The Morgan fingerprint density at radius 2 is 1.93 bits per heavy atom. The minimum atomic E-state index is -5.20. The molecule has 0 bridgehead atoms. The van der Waals surface area contributed by atoms with Gasteiger partial charge in [-0.3, -0.25) is 4.79 Å². The largest absolute Gasteiger partial charge is 0.493 e. The van der Waals surface area contributed by atoms with Crippen molar-refractivity contribution in [2.75, 3.05) is 19.7 Å². The maximum atomic E-state index is 14.1. The van der Waals surface area contributed by atoms with E-state index in [1.165, 1.54) is 12.1 Å². The number of aromatic amines is 1. The molecule has 0 amide bonds. The summed E-state index contributed by atoms with van der Waals surface area (Å²) in [6, 6.07) is 15.3. The number of benzene rings is 3. The van der Waals surface area contributed by atoms with Crippen LogP contribution in [0, 0.1) is 18.3 Å². The molecular weight excluding hydrogens is 533 g/mol. The molecule has 204 valence electrons. The molecule has 40 heavy (non-hydrogen) atoms. The van der Waals surface area contributed by atoms with Crippen LogP contribution in [0.1, 0.15) is 25.5 Å². The summed E-state index contributed by atoms with van der Waals surface area (Å²) in [5, 5.41) is 5.15. The number of fused-ring (bicyclic) bond motifs is 4. The number of aromatic nitrogens is 2. The Bertz CT molecular complexity index is 2020. The molecule has 0 unspecified atom stereocenters. The zero-order valence-electron chi connectivity index (χ0n) is 21.8. The van der Waals surface area contributed by atoms with Gasteiger partial charge in [-0.15, -0.1) is 6.42 Å². The van der Waals surface area contributed by atoms with Gasteiger partial charge in [0.05, 0.1) is 28.9 Å². The zero-order valence-corrected chi connectivity index (χ0v) is 22.6. The summed E-state index contributed by atoms with van der Waals surface area (Å²) in [6.07, 6.45) is 5.62. The monoisotopic (exact) mass is 559 g/mol. The third-order valence-corrected chi connectivity index (χ3v) is 7.45. The van der Waals surface area contributed by atoms with Crippen molar-refractivity contribution in [3.05, 3.63) is 70.4 Å². The summed E-state index contributed by atoms with van der Waals surface area (Å²) in [7, 11) is -5.20. The average Bonchev–Trinajstić information content (AvgIpc) is 3.26. The number of hydrogen-bond donors (Lipinski definition) is 2. The van der Waals surface area contributed by atoms with E-state index in [0.29, 0.717) is 51.0 Å². The number of rotatable bonds is 7. The highest BCUT2D eigenvalue weighted by Crippen LogP contribution is 2.38. The van der Waals surface area contributed by atoms with Crippen LogP contribution in [0.15, 0.2) is 59.4 Å². The van der Waals surface area contributed by atoms with Crippen LogP contribution in [0.25, 0.3) is 44.0 Å². The summed E-state index contributed by atoms with van der Waals surface area (Å²) in [4.78, 5) is 17.5. The first-order valence-corrected chi connectivity index (χ1v) is 14.2. The molecule has 0 aliphatic carbocycles. The Kier molecular flexibility index (Phi) is 6.28. The quantitative estimate of drug-likeness (QED) is 0.214. The van der Waals surface area contributed by atoms with Crippen molar-refractivity contribution >= 4 is 43.3 Å². The van der Waals surface area contributed by atoms with Crippen molar-refractivity contribution < 1.29 is 21.2 Å². The number of hydrogen-bond acceptors (Lipinski definition) is 6. The number of ether oxygens (including phenoxy) is 1. The lowest BCUT2D eigenvalue weighted by Crippen LogP contribution is -2.44. The van der Waals surface area contributed by atoms with Gasteiger partial charge in [-0.25, -0.2) is 0 Å². The van der Waals surface area contributed by atoms with Gasteiger partial charge in [-0.2, -0.15) is 8.42 Å². The Morgan fingerprint density at radius 1 is 1.12 bits per heavy atom. The Hall–Kier alpha value is -4.33. The van der Waals surface area contributed by atoms with Gasteiger partial charge in [-0.1, -0.05) is 41.9 Å². The summed E-state index contributed by atoms with van der Waals surface area (Å²) < 4.78 is 48.4. The van der Waals surface area contributed by atoms with Crippen LogP contribution in [0.4, 0.5) is 3.89 Å². The van der Waals surface area contributed by atoms with Gasteiger partial charge in [0.2, 0.25) is 0 Å². The predicted molar refractivity (Wildman–Crippen MR) is 154 cm³/mol. The minimum absolute atomic E-state index is 0.0763. The first kappa shape index (κ1) is 25.9. The van der Waals surface area contributed by atoms with E-state index in [2.05, 4.69) is 25.0 Å². The molecule has 1 fully saturated rings. The molecule has 2 aromatic heterocycles. The lowest BCUT2D eigenvalue weighted by atomic mass is 9.99. The first-order chi connectivity index (χ1) is 19.1. The minimum Gasteiger partial charge on any atom is -0.493 e. The number of pyridine rings is 1. The molecular formula is C30H26FN3O5S. The van der Waals surface area contributed by atoms with E-state index < -0.39 is 10.5 Å². The summed E-state index contributed by atoms with van der Waals surface area (Å²) in [5.74, 6) is 3.12. The molecule has 0 saturated carbocycles. The van der Waals surface area contributed by atoms with Gasteiger partial charge in [0.15, 0.2) is 5.43 Å². The van der Waals surface area contributed by atoms with Crippen molar-refractivity contribution in [1.82, 2.24) is 14.9 Å². The summed E-state index contributed by atoms with van der Waals surface area (Å²) in [6.45, 7) is 5.85. The van der Waals surface area contributed by atoms with Crippen LogP contribution in [-0.2, 0) is 10.5 Å². The highest BCUT2D eigenvalue weighted by atomic mass is 32.3. The lowest BCUT2D eigenvalue weighted by molar-refractivity contribution is 0.272. The van der Waals surface area contributed by atoms with Gasteiger partial charge in [0, 0.05) is 35.1 Å². The molecule has 3 aromatic carbocycles. The van der Waals surface area contributed by atoms with E-state index in [0.717, 1.165) is 24.0 Å². The van der Waals surface area contributed by atoms with Gasteiger partial charge in [-0.05, 0) is 47.9 Å². The van der Waals surface area contributed by atoms with Crippen LogP contribution >= 0.6 is 0 Å². The molecule has 6 rings (SSSR count). The normalized spacial score (nSPS) is 14.1. The highest BCUT2D eigenvalue weighted by Gasteiger charge is 2.26. The first-order valence-electron chi connectivity index (χ1n) is 12.9. The van der Waals surface area contributed by atoms with E-state index in [1.807, 2.05) is 38.1 Å². The van der Waals surface area contributed by atoms with Crippen LogP contribution < -0.4 is 19.7 Å². The number of H-pyrrole nitrogens is 1. The Morgan fingerprint density at radius 3 is 2.60 bits per heavy atom. The van der Waals surface area contributed by atoms with Gasteiger partial charge in [0.1, 0.15) is 17.1 Å². The standard InChI is InChI=1S/C30H26FN3O5S/c1-4-18-8-9-22-25(10-18)33-30-28(22)29(35)24-13-27(38-16-17(2)3)23(12-26(24)34(30)20-14-32-15-20)19-6-5-7-21(11-19)39-40(31,36)37/h1,5-13,17,20,32-33H,14-16H2,2-3H3. The van der Waals surface area contributed by atoms with Crippen LogP contribution in [0.5, 0.6) is 11.5 Å². The van der Waals surface area contributed by atoms with Crippen molar-refractivity contribution in [3.63, 3.8) is 0 Å². The molecule has 1 aliphatic heterocycles. The molecule has 3 heterocycles. The Balaban J connectivity index is 1.68. The molecule has 10 heteroatoms. The van der Waals surface area contributed by atoms with Gasteiger partial charge < -0.3 is 23.8 Å². The van der Waals surface area contributed by atoms with E-state index in [9.17, 15) is 17.1 Å². The summed E-state index contributed by atoms with van der Waals surface area (Å²) in [5.41, 5.74) is 3.86. The predicted octanol–water partition coefficient (Wildman–Crippen LogP) is 5.06. The fourth-order valence-electron chi connectivity index (χ4n) is 5.16. The van der Waals surface area contributed by atoms with E-state index >= 15 is 0 Å². The van der Waals surface area contributed by atoms with Crippen molar-refractivity contribution in [3.8, 4) is 35.0 Å². The average molecular weight is 560 g/mol. The zero-order chi connectivity index (χ0) is 28.2. The molecule has 8 nitrogen and oxygen atoms in total. The van der Waals surface area contributed by atoms with Crippen LogP contribution in [-0.4, -0.2) is 37.7 Å². The topological polar surface area (TPSA) is 102 Å². The van der Waals surface area contributed by atoms with E-state index in [4.69, 9.17) is 11.2 Å². The molecule has 5 aromatic rings. The maximum Gasteiger partial charge on any atom is 0.488 e. The van der Waals surface area contributed by atoms with Crippen LogP contribution in [0.2, 0.25) is 0 Å². The number of nitrogens with one attached hydrogen (secondary N) is 2. The fourth-order valence-corrected chi connectivity index (χ4v) is 5.49. The number of halogens is 1. The lowest BCUT2D eigenvalue weighted by Gasteiger charge is -2.32. The molecule has 1 aliphatic rings. The third-order valence-electron chi connectivity index (χ3n) is 7.05. The van der Waals surface area contributed by atoms with Gasteiger partial charge in [0.25, 0.3) is 0 Å². The van der Waals surface area contributed by atoms with Crippen molar-refractivity contribution in [2.45, 2.75) is 19.9 Å². The van der Waals surface area contributed by atoms with E-state index in [1.54, 1.807) is 18.2 Å². The fraction of sp³-hybridized carbons (Fsp3) is 0.233. The molecule has 0 spiro atoms. The maximum absolute atomic E-state index is 14.1. The second kappa shape index (κ2) is 9.70. The number of terminal acetylenes is 1.